The van der Waals surface area contributed by atoms with Crippen molar-refractivity contribution in [3.8, 4) is 12.3 Å². The van der Waals surface area contributed by atoms with Crippen molar-refractivity contribution in [3.63, 3.8) is 0 Å². The minimum absolute atomic E-state index is 0.0185. The van der Waals surface area contributed by atoms with E-state index in [0.717, 1.165) is 42.1 Å². The molecule has 0 spiro atoms. The molecule has 2 heteroatoms. The summed E-state index contributed by atoms with van der Waals surface area (Å²) in [5.41, 5.74) is 0. The van der Waals surface area contributed by atoms with Crippen LogP contribution in [0.25, 0.3) is 0 Å². The van der Waals surface area contributed by atoms with Gasteiger partial charge in [-0.2, -0.15) is 0 Å². The summed E-state index contributed by atoms with van der Waals surface area (Å²) in [4.78, 5) is 9.69. The van der Waals surface area contributed by atoms with Gasteiger partial charge >= 0.3 is 0 Å². The second-order valence-corrected chi connectivity index (χ2v) is 8.59. The van der Waals surface area contributed by atoms with Crippen LogP contribution in [0, 0.1) is 47.9 Å². The van der Waals surface area contributed by atoms with Crippen LogP contribution >= 0.6 is 0 Å². The van der Waals surface area contributed by atoms with Gasteiger partial charge in [0, 0.05) is 0 Å². The average molecular weight is 425 g/mol. The Kier molecular flexibility index (Phi) is 15.4. The smallest absolute Gasteiger partial charge is 0.152 e. The molecule has 0 aromatic carbocycles. The number of fused-ring (bicyclic) bond motifs is 4. The third-order valence-corrected chi connectivity index (χ3v) is 5.90. The number of allylic oxidation sites excluding steroid dienone is 8. The van der Waals surface area contributed by atoms with Gasteiger partial charge in [0.2, 0.25) is 0 Å². The number of hydrogen-bond donors (Lipinski definition) is 0. The van der Waals surface area contributed by atoms with Crippen LogP contribution < -0.4 is 0 Å². The molecule has 2 nitrogen and oxygen atoms in total. The summed E-state index contributed by atoms with van der Waals surface area (Å²) >= 11 is 0. The summed E-state index contributed by atoms with van der Waals surface area (Å²) in [7, 11) is 0. The lowest BCUT2D eigenvalue weighted by Crippen LogP contribution is -2.00. The zero-order chi connectivity index (χ0) is 23.8. The second-order valence-electron chi connectivity index (χ2n) is 8.59. The highest BCUT2D eigenvalue weighted by molar-refractivity contribution is 5.86. The topological polar surface area (TPSA) is 29.6 Å². The lowest BCUT2D eigenvalue weighted by molar-refractivity contribution is -0.112. The number of hydrogen-bond acceptors (Lipinski definition) is 2. The van der Waals surface area contributed by atoms with Gasteiger partial charge in [-0.05, 0) is 82.1 Å². The Hall–Kier alpha value is -2.11. The highest BCUT2D eigenvalue weighted by Crippen LogP contribution is 2.43. The van der Waals surface area contributed by atoms with E-state index in [1.807, 2.05) is 6.92 Å². The lowest BCUT2D eigenvalue weighted by atomic mass is 9.98. The van der Waals surface area contributed by atoms with E-state index in [4.69, 9.17) is 4.74 Å². The number of ether oxygens (including phenoxy) is 1. The van der Waals surface area contributed by atoms with Gasteiger partial charge in [0.15, 0.2) is 5.78 Å². The SMILES string of the molecule is C#CC.C=CC.C=CC(C)=O.CC1C2C=CC1C=C2.CC1C2C=CC1CC2.C[C@H]1CO1. The van der Waals surface area contributed by atoms with Gasteiger partial charge in [0.1, 0.15) is 0 Å². The number of epoxide rings is 1. The fourth-order valence-electron chi connectivity index (χ4n) is 3.75. The predicted molar refractivity (Wildman–Crippen MR) is 136 cm³/mol. The standard InChI is InChI=1S/C8H12.C8H10.C4H6O.C3H6O.C3H6.C3H4/c2*1-6-7-2-3-8(6)5-4-7;1-3-4(2)5;1-3-2-4-3;2*1-3-2/h2-3,6-8H,4-5H2,1H3;2-8H,1H3;3H,1H2,2H3;3H,2H2,1H3;3H,1H2,2H3;1H,2H3/t;;;3-;;/m...0../s1. The van der Waals surface area contributed by atoms with Crippen molar-refractivity contribution in [2.75, 3.05) is 6.61 Å². The van der Waals surface area contributed by atoms with Gasteiger partial charge in [-0.15, -0.1) is 18.9 Å². The van der Waals surface area contributed by atoms with Crippen molar-refractivity contribution in [1.82, 2.24) is 0 Å². The summed E-state index contributed by atoms with van der Waals surface area (Å²) in [6.45, 7) is 19.3. The van der Waals surface area contributed by atoms with E-state index in [2.05, 4.69) is 82.7 Å². The van der Waals surface area contributed by atoms with Crippen LogP contribution in [0.15, 0.2) is 61.8 Å². The molecule has 0 aromatic heterocycles. The van der Waals surface area contributed by atoms with E-state index in [1.165, 1.54) is 25.8 Å². The van der Waals surface area contributed by atoms with E-state index in [1.54, 1.807) is 13.0 Å². The molecule has 2 unspecified atom stereocenters. The van der Waals surface area contributed by atoms with Gasteiger partial charge < -0.3 is 4.74 Å². The van der Waals surface area contributed by atoms with Crippen molar-refractivity contribution >= 4 is 5.78 Å². The molecule has 1 aliphatic heterocycles. The number of carbonyl (C=O) groups excluding carboxylic acids is 1. The first-order valence-corrected chi connectivity index (χ1v) is 11.5. The van der Waals surface area contributed by atoms with Gasteiger partial charge in [-0.25, -0.2) is 0 Å². The van der Waals surface area contributed by atoms with Crippen LogP contribution in [-0.4, -0.2) is 18.5 Å². The van der Waals surface area contributed by atoms with Crippen LogP contribution in [0.4, 0.5) is 0 Å². The number of rotatable bonds is 1. The third-order valence-electron chi connectivity index (χ3n) is 5.90. The molecule has 0 aromatic rings. The quantitative estimate of drug-likeness (QED) is 0.193. The van der Waals surface area contributed by atoms with Crippen molar-refractivity contribution in [2.45, 2.75) is 60.5 Å². The maximum atomic E-state index is 9.69. The van der Waals surface area contributed by atoms with Gasteiger partial charge in [-0.1, -0.05) is 63.0 Å². The zero-order valence-electron chi connectivity index (χ0n) is 20.6. The van der Waals surface area contributed by atoms with Crippen molar-refractivity contribution in [1.29, 1.82) is 0 Å². The Balaban J connectivity index is 0.000000368. The average Bonchev–Trinajstić information content (AvgIpc) is 3.03. The fraction of sp³-hybridized carbons (Fsp3) is 0.552. The molecule has 0 N–H and O–H groups in total. The monoisotopic (exact) mass is 424 g/mol. The number of ketones is 1. The summed E-state index contributed by atoms with van der Waals surface area (Å²) in [5.74, 6) is 7.59. The Labute approximate surface area is 192 Å². The number of carbonyl (C=O) groups is 1. The zero-order valence-corrected chi connectivity index (χ0v) is 20.6. The van der Waals surface area contributed by atoms with E-state index in [9.17, 15) is 4.79 Å². The fourth-order valence-corrected chi connectivity index (χ4v) is 3.75. The third kappa shape index (κ3) is 12.4. The highest BCUT2D eigenvalue weighted by Gasteiger charge is 2.33. The van der Waals surface area contributed by atoms with Crippen LogP contribution in [-0.2, 0) is 9.53 Å². The minimum Gasteiger partial charge on any atom is -0.373 e. The van der Waals surface area contributed by atoms with E-state index < -0.39 is 0 Å². The van der Waals surface area contributed by atoms with Gasteiger partial charge in [-0.3, -0.25) is 4.79 Å². The molecule has 31 heavy (non-hydrogen) atoms. The summed E-state index contributed by atoms with van der Waals surface area (Å²) in [6, 6.07) is 0. The normalized spacial score (nSPS) is 32.6. The van der Waals surface area contributed by atoms with Gasteiger partial charge in [0.25, 0.3) is 0 Å². The summed E-state index contributed by atoms with van der Waals surface area (Å²) in [5, 5.41) is 0. The maximum Gasteiger partial charge on any atom is 0.152 e. The molecule has 1 heterocycles. The maximum absolute atomic E-state index is 9.69. The lowest BCUT2D eigenvalue weighted by Gasteiger charge is -2.05. The summed E-state index contributed by atoms with van der Waals surface area (Å²) in [6.07, 6.45) is 25.2. The van der Waals surface area contributed by atoms with Crippen LogP contribution in [0.3, 0.4) is 0 Å². The van der Waals surface area contributed by atoms with Crippen molar-refractivity contribution in [2.24, 2.45) is 35.5 Å². The molecule has 172 valence electrons. The van der Waals surface area contributed by atoms with Crippen LogP contribution in [0.5, 0.6) is 0 Å². The predicted octanol–water partition coefficient (Wildman–Crippen LogP) is 7.21. The van der Waals surface area contributed by atoms with Crippen LogP contribution in [0.2, 0.25) is 0 Å². The van der Waals surface area contributed by atoms with Crippen molar-refractivity contribution in [3.05, 3.63) is 61.8 Å². The Morgan fingerprint density at radius 1 is 0.968 bits per heavy atom. The molecule has 4 bridgehead atoms. The van der Waals surface area contributed by atoms with Gasteiger partial charge in [0.05, 0.1) is 12.7 Å². The second kappa shape index (κ2) is 16.6. The Bertz CT molecular complexity index is 610. The Morgan fingerprint density at radius 3 is 1.32 bits per heavy atom. The van der Waals surface area contributed by atoms with E-state index >= 15 is 0 Å². The van der Waals surface area contributed by atoms with Crippen LogP contribution in [0.1, 0.15) is 54.4 Å². The molecule has 3 atom stereocenters. The molecule has 2 fully saturated rings. The van der Waals surface area contributed by atoms with E-state index in [0.29, 0.717) is 6.10 Å². The van der Waals surface area contributed by atoms with E-state index in [-0.39, 0.29) is 5.78 Å². The first-order valence-electron chi connectivity index (χ1n) is 11.5. The molecule has 0 radical (unpaired) electrons. The number of terminal acetylenes is 1. The first kappa shape index (κ1) is 28.9. The molecule has 1 saturated carbocycles. The Morgan fingerprint density at radius 2 is 1.26 bits per heavy atom. The molecule has 0 amide bonds. The van der Waals surface area contributed by atoms with Crippen molar-refractivity contribution < 1.29 is 9.53 Å². The largest absolute Gasteiger partial charge is 0.373 e. The molecule has 1 saturated heterocycles. The summed E-state index contributed by atoms with van der Waals surface area (Å²) < 4.78 is 4.71. The molecule has 5 rings (SSSR count). The first-order chi connectivity index (χ1) is 14.7. The molecule has 4 aliphatic carbocycles. The minimum atomic E-state index is 0.0185. The molecular formula is C29H44O2. The highest BCUT2D eigenvalue weighted by atomic mass is 16.6. The molecule has 5 aliphatic rings. The molecular weight excluding hydrogens is 380 g/mol.